The number of para-hydroxylation sites is 2. The van der Waals surface area contributed by atoms with Gasteiger partial charge in [-0.2, -0.15) is 5.10 Å². The summed E-state index contributed by atoms with van der Waals surface area (Å²) in [6.07, 6.45) is 1.43. The van der Waals surface area contributed by atoms with Crippen LogP contribution in [0.1, 0.15) is 5.56 Å². The lowest BCUT2D eigenvalue weighted by Crippen LogP contribution is -2.39. The first-order chi connectivity index (χ1) is 15.6. The van der Waals surface area contributed by atoms with Crippen molar-refractivity contribution in [3.63, 3.8) is 0 Å². The smallest absolute Gasteiger partial charge is 0.264 e. The molecule has 1 amide bonds. The molecule has 3 aromatic carbocycles. The Morgan fingerprint density at radius 2 is 1.62 bits per heavy atom. The van der Waals surface area contributed by atoms with E-state index in [0.29, 0.717) is 36.0 Å². The Kier molecular flexibility index (Phi) is 6.37. The summed E-state index contributed by atoms with van der Waals surface area (Å²) in [5.74, 6) is 0.566. The average molecular weight is 452 g/mol. The number of hydrogen-bond donors (Lipinski definition) is 1. The molecule has 4 rings (SSSR count). The van der Waals surface area contributed by atoms with Crippen molar-refractivity contribution in [2.24, 2.45) is 5.10 Å². The zero-order chi connectivity index (χ0) is 22.4. The Morgan fingerprint density at radius 3 is 2.38 bits per heavy atom. The lowest BCUT2D eigenvalue weighted by atomic mass is 10.2. The highest BCUT2D eigenvalue weighted by molar-refractivity contribution is 7.92. The van der Waals surface area contributed by atoms with E-state index in [-0.39, 0.29) is 4.90 Å². The molecule has 9 heteroatoms. The van der Waals surface area contributed by atoms with Gasteiger partial charge in [-0.15, -0.1) is 0 Å². The van der Waals surface area contributed by atoms with Gasteiger partial charge in [0.2, 0.25) is 0 Å². The molecule has 0 saturated heterocycles. The molecule has 0 spiro atoms. The highest BCUT2D eigenvalue weighted by atomic mass is 32.2. The van der Waals surface area contributed by atoms with Gasteiger partial charge in [0.15, 0.2) is 11.5 Å². The topological polar surface area (TPSA) is 97.3 Å². The summed E-state index contributed by atoms with van der Waals surface area (Å²) >= 11 is 0. The Morgan fingerprint density at radius 1 is 0.938 bits per heavy atom. The van der Waals surface area contributed by atoms with Gasteiger partial charge in [0.25, 0.3) is 15.9 Å². The standard InChI is InChI=1S/C23H21N3O5S/c27-22(25-24-16-18-8-7-13-21-23(18)31-15-14-30-21)17-26(19-9-3-1-4-10-19)32(28,29)20-11-5-2-6-12-20/h1-13,16H,14-15,17H2,(H,25,27)/b24-16-. The molecule has 8 nitrogen and oxygen atoms in total. The van der Waals surface area contributed by atoms with E-state index in [1.54, 1.807) is 66.7 Å². The minimum atomic E-state index is -3.95. The van der Waals surface area contributed by atoms with Crippen LogP contribution >= 0.6 is 0 Å². The van der Waals surface area contributed by atoms with E-state index in [1.807, 2.05) is 0 Å². The van der Waals surface area contributed by atoms with Gasteiger partial charge >= 0.3 is 0 Å². The maximum Gasteiger partial charge on any atom is 0.264 e. The van der Waals surface area contributed by atoms with Crippen molar-refractivity contribution in [1.82, 2.24) is 5.43 Å². The minimum absolute atomic E-state index is 0.0909. The molecule has 164 valence electrons. The normalized spacial score (nSPS) is 13.0. The lowest BCUT2D eigenvalue weighted by Gasteiger charge is -2.23. The summed E-state index contributed by atoms with van der Waals surface area (Å²) in [4.78, 5) is 12.7. The van der Waals surface area contributed by atoms with Crippen LogP contribution in [0.25, 0.3) is 0 Å². The van der Waals surface area contributed by atoms with Crippen molar-refractivity contribution >= 4 is 27.8 Å². The molecule has 32 heavy (non-hydrogen) atoms. The predicted molar refractivity (Wildman–Crippen MR) is 121 cm³/mol. The Balaban J connectivity index is 1.52. The Bertz CT molecular complexity index is 1210. The van der Waals surface area contributed by atoms with Gasteiger partial charge in [-0.25, -0.2) is 13.8 Å². The van der Waals surface area contributed by atoms with Gasteiger partial charge in [0, 0.05) is 5.56 Å². The van der Waals surface area contributed by atoms with E-state index >= 15 is 0 Å². The molecule has 1 N–H and O–H groups in total. The number of nitrogens with one attached hydrogen (secondary N) is 1. The second kappa shape index (κ2) is 9.52. The van der Waals surface area contributed by atoms with Crippen molar-refractivity contribution < 1.29 is 22.7 Å². The Hall–Kier alpha value is -3.85. The number of ether oxygens (including phenoxy) is 2. The fourth-order valence-corrected chi connectivity index (χ4v) is 4.61. The molecule has 0 bridgehead atoms. The van der Waals surface area contributed by atoms with Crippen LogP contribution in [-0.4, -0.2) is 40.3 Å². The first-order valence-electron chi connectivity index (χ1n) is 9.89. The SMILES string of the molecule is O=C(CN(c1ccccc1)S(=O)(=O)c1ccccc1)N/N=C\c1cccc2c1OCCO2. The van der Waals surface area contributed by atoms with Crippen molar-refractivity contribution in [1.29, 1.82) is 0 Å². The first-order valence-corrected chi connectivity index (χ1v) is 11.3. The fourth-order valence-electron chi connectivity index (χ4n) is 3.17. The number of carbonyl (C=O) groups excluding carboxylic acids is 1. The zero-order valence-electron chi connectivity index (χ0n) is 17.0. The fraction of sp³-hybridized carbons (Fsp3) is 0.130. The van der Waals surface area contributed by atoms with Crippen LogP contribution in [-0.2, 0) is 14.8 Å². The van der Waals surface area contributed by atoms with Gasteiger partial charge in [-0.1, -0.05) is 42.5 Å². The number of rotatable bonds is 7. The summed E-state index contributed by atoms with van der Waals surface area (Å²) < 4.78 is 38.6. The summed E-state index contributed by atoms with van der Waals surface area (Å²) in [5.41, 5.74) is 3.40. The van der Waals surface area contributed by atoms with Crippen molar-refractivity contribution in [2.75, 3.05) is 24.1 Å². The summed E-state index contributed by atoms with van der Waals surface area (Å²) in [5, 5.41) is 3.97. The quantitative estimate of drug-likeness (QED) is 0.440. The molecular weight excluding hydrogens is 430 g/mol. The van der Waals surface area contributed by atoms with Crippen LogP contribution in [0.4, 0.5) is 5.69 Å². The molecular formula is C23H21N3O5S. The van der Waals surface area contributed by atoms with E-state index in [2.05, 4.69) is 10.5 Å². The third-order valence-electron chi connectivity index (χ3n) is 4.65. The Labute approximate surface area is 186 Å². The molecule has 0 aromatic heterocycles. The number of amides is 1. The number of hydrogen-bond acceptors (Lipinski definition) is 6. The zero-order valence-corrected chi connectivity index (χ0v) is 17.9. The van der Waals surface area contributed by atoms with Gasteiger partial charge in [0.1, 0.15) is 19.8 Å². The minimum Gasteiger partial charge on any atom is -0.486 e. The van der Waals surface area contributed by atoms with Crippen molar-refractivity contribution in [2.45, 2.75) is 4.90 Å². The number of sulfonamides is 1. The first kappa shape index (κ1) is 21.4. The average Bonchev–Trinajstić information content (AvgIpc) is 2.84. The summed E-state index contributed by atoms with van der Waals surface area (Å²) in [7, 11) is -3.95. The maximum absolute atomic E-state index is 13.2. The van der Waals surface area contributed by atoms with E-state index in [9.17, 15) is 13.2 Å². The lowest BCUT2D eigenvalue weighted by molar-refractivity contribution is -0.119. The largest absolute Gasteiger partial charge is 0.486 e. The number of fused-ring (bicyclic) bond motifs is 1. The van der Waals surface area contributed by atoms with Gasteiger partial charge in [0.05, 0.1) is 16.8 Å². The molecule has 0 radical (unpaired) electrons. The van der Waals surface area contributed by atoms with Gasteiger partial charge in [-0.05, 0) is 36.4 Å². The van der Waals surface area contributed by atoms with Crippen LogP contribution in [0.5, 0.6) is 11.5 Å². The third-order valence-corrected chi connectivity index (χ3v) is 6.44. The highest BCUT2D eigenvalue weighted by Gasteiger charge is 2.26. The number of benzene rings is 3. The number of hydrazone groups is 1. The number of anilines is 1. The monoisotopic (exact) mass is 451 g/mol. The summed E-state index contributed by atoms with van der Waals surface area (Å²) in [6, 6.07) is 21.8. The van der Waals surface area contributed by atoms with Crippen molar-refractivity contribution in [3.8, 4) is 11.5 Å². The van der Waals surface area contributed by atoms with E-state index < -0.39 is 22.5 Å². The molecule has 0 atom stereocenters. The van der Waals surface area contributed by atoms with E-state index in [4.69, 9.17) is 9.47 Å². The molecule has 0 aliphatic carbocycles. The molecule has 0 unspecified atom stereocenters. The van der Waals surface area contributed by atoms with Crippen LogP contribution < -0.4 is 19.2 Å². The van der Waals surface area contributed by atoms with Crippen molar-refractivity contribution in [3.05, 3.63) is 84.4 Å². The third kappa shape index (κ3) is 4.73. The number of nitrogens with zero attached hydrogens (tertiary/aromatic N) is 2. The van der Waals surface area contributed by atoms with Crippen LogP contribution in [0.3, 0.4) is 0 Å². The predicted octanol–water partition coefficient (Wildman–Crippen LogP) is 2.80. The second-order valence-corrected chi connectivity index (χ2v) is 8.69. The summed E-state index contributed by atoms with van der Waals surface area (Å²) in [6.45, 7) is 0.453. The van der Waals surface area contributed by atoms with E-state index in [0.717, 1.165) is 4.31 Å². The molecule has 0 saturated carbocycles. The molecule has 3 aromatic rings. The number of carbonyl (C=O) groups is 1. The van der Waals surface area contributed by atoms with Crippen LogP contribution in [0, 0.1) is 0 Å². The maximum atomic E-state index is 13.2. The van der Waals surface area contributed by atoms with Crippen LogP contribution in [0.2, 0.25) is 0 Å². The van der Waals surface area contributed by atoms with Crippen LogP contribution in [0.15, 0.2) is 88.9 Å². The van der Waals surface area contributed by atoms with E-state index in [1.165, 1.54) is 18.3 Å². The second-order valence-electron chi connectivity index (χ2n) is 6.82. The van der Waals surface area contributed by atoms with Gasteiger partial charge < -0.3 is 9.47 Å². The molecule has 1 aliphatic heterocycles. The molecule has 0 fully saturated rings. The molecule has 1 heterocycles. The van der Waals surface area contributed by atoms with Gasteiger partial charge in [-0.3, -0.25) is 9.10 Å². The molecule has 1 aliphatic rings. The highest BCUT2D eigenvalue weighted by Crippen LogP contribution is 2.32.